The normalized spacial score (nSPS) is 12.3. The fourth-order valence-electron chi connectivity index (χ4n) is 1.33. The predicted octanol–water partition coefficient (Wildman–Crippen LogP) is 1.65. The molecule has 0 saturated heterocycles. The van der Waals surface area contributed by atoms with Crippen LogP contribution in [-0.4, -0.2) is 23.9 Å². The molecule has 15 heavy (non-hydrogen) atoms. The zero-order chi connectivity index (χ0) is 11.4. The number of amides is 1. The molecule has 1 aromatic carbocycles. The monoisotopic (exact) mass is 226 g/mol. The van der Waals surface area contributed by atoms with Crippen molar-refractivity contribution in [2.75, 3.05) is 7.05 Å². The molecule has 1 amide bonds. The number of nitrogens with two attached hydrogens (primary N) is 1. The summed E-state index contributed by atoms with van der Waals surface area (Å²) in [5, 5.41) is 0.675. The molecule has 0 aliphatic carbocycles. The number of benzene rings is 1. The van der Waals surface area contributed by atoms with Crippen LogP contribution in [0.3, 0.4) is 0 Å². The van der Waals surface area contributed by atoms with Crippen LogP contribution in [0.5, 0.6) is 0 Å². The Labute approximate surface area is 94.8 Å². The summed E-state index contributed by atoms with van der Waals surface area (Å²) in [6.45, 7) is 2.21. The molecule has 2 N–H and O–H groups in total. The number of hydrogen-bond acceptors (Lipinski definition) is 2. The first-order valence-electron chi connectivity index (χ1n) is 4.75. The van der Waals surface area contributed by atoms with Crippen LogP contribution in [0.15, 0.2) is 24.3 Å². The van der Waals surface area contributed by atoms with Crippen molar-refractivity contribution >= 4 is 17.5 Å². The molecule has 0 aromatic heterocycles. The first-order valence-corrected chi connectivity index (χ1v) is 5.13. The summed E-state index contributed by atoms with van der Waals surface area (Å²) in [5.41, 5.74) is 6.50. The number of likely N-dealkylation sites (N-methyl/N-ethyl adjacent to an activating group) is 1. The standard InChI is InChI=1S/C11H15ClN2O/c1-8(13)11(15)14(2)7-9-4-3-5-10(12)6-9/h3-6,8H,7,13H2,1-2H3. The van der Waals surface area contributed by atoms with Gasteiger partial charge in [0.25, 0.3) is 0 Å². The van der Waals surface area contributed by atoms with Crippen molar-refractivity contribution in [2.24, 2.45) is 5.73 Å². The molecule has 0 spiro atoms. The molecule has 1 unspecified atom stereocenters. The Morgan fingerprint density at radius 1 is 1.60 bits per heavy atom. The summed E-state index contributed by atoms with van der Waals surface area (Å²) in [7, 11) is 1.73. The Kier molecular flexibility index (Phi) is 4.12. The van der Waals surface area contributed by atoms with E-state index in [1.54, 1.807) is 24.9 Å². The maximum Gasteiger partial charge on any atom is 0.239 e. The highest BCUT2D eigenvalue weighted by molar-refractivity contribution is 6.30. The summed E-state index contributed by atoms with van der Waals surface area (Å²) in [6.07, 6.45) is 0. The van der Waals surface area contributed by atoms with Gasteiger partial charge in [0.15, 0.2) is 0 Å². The van der Waals surface area contributed by atoms with E-state index in [-0.39, 0.29) is 5.91 Å². The first-order chi connectivity index (χ1) is 7.00. The van der Waals surface area contributed by atoms with Crippen LogP contribution >= 0.6 is 11.6 Å². The van der Waals surface area contributed by atoms with Crippen LogP contribution in [0.4, 0.5) is 0 Å². The molecule has 0 fully saturated rings. The van der Waals surface area contributed by atoms with Gasteiger partial charge >= 0.3 is 0 Å². The van der Waals surface area contributed by atoms with Gasteiger partial charge in [-0.25, -0.2) is 0 Å². The van der Waals surface area contributed by atoms with Crippen LogP contribution < -0.4 is 5.73 Å². The van der Waals surface area contributed by atoms with Crippen LogP contribution in [0.1, 0.15) is 12.5 Å². The second-order valence-corrected chi connectivity index (χ2v) is 4.05. The van der Waals surface area contributed by atoms with E-state index in [0.717, 1.165) is 5.56 Å². The average molecular weight is 227 g/mol. The Morgan fingerprint density at radius 3 is 2.80 bits per heavy atom. The fourth-order valence-corrected chi connectivity index (χ4v) is 1.55. The topological polar surface area (TPSA) is 46.3 Å². The van der Waals surface area contributed by atoms with Crippen LogP contribution in [0, 0.1) is 0 Å². The SMILES string of the molecule is CC(N)C(=O)N(C)Cc1cccc(Cl)c1. The van der Waals surface area contributed by atoms with Gasteiger partial charge in [-0.1, -0.05) is 23.7 Å². The third kappa shape index (κ3) is 3.53. The van der Waals surface area contributed by atoms with E-state index in [0.29, 0.717) is 11.6 Å². The lowest BCUT2D eigenvalue weighted by Crippen LogP contribution is -2.39. The van der Waals surface area contributed by atoms with Gasteiger partial charge in [0.1, 0.15) is 0 Å². The Balaban J connectivity index is 2.66. The zero-order valence-corrected chi connectivity index (χ0v) is 9.66. The maximum absolute atomic E-state index is 11.5. The van der Waals surface area contributed by atoms with Crippen molar-refractivity contribution in [3.63, 3.8) is 0 Å². The molecule has 1 atom stereocenters. The van der Waals surface area contributed by atoms with Crippen molar-refractivity contribution in [1.29, 1.82) is 0 Å². The molecule has 0 aliphatic heterocycles. The van der Waals surface area contributed by atoms with E-state index in [1.165, 1.54) is 0 Å². The molecular formula is C11H15ClN2O. The molecule has 82 valence electrons. The number of hydrogen-bond donors (Lipinski definition) is 1. The Bertz CT molecular complexity index is 352. The van der Waals surface area contributed by atoms with Gasteiger partial charge in [0, 0.05) is 18.6 Å². The highest BCUT2D eigenvalue weighted by Gasteiger charge is 2.13. The fraction of sp³-hybridized carbons (Fsp3) is 0.364. The summed E-state index contributed by atoms with van der Waals surface area (Å²) >= 11 is 5.84. The minimum atomic E-state index is -0.464. The first kappa shape index (κ1) is 12.0. The summed E-state index contributed by atoms with van der Waals surface area (Å²) < 4.78 is 0. The summed E-state index contributed by atoms with van der Waals surface area (Å²) in [6, 6.07) is 6.97. The third-order valence-electron chi connectivity index (χ3n) is 2.07. The maximum atomic E-state index is 11.5. The van der Waals surface area contributed by atoms with Crippen LogP contribution in [0.25, 0.3) is 0 Å². The molecule has 1 aromatic rings. The van der Waals surface area contributed by atoms with Crippen LogP contribution in [0.2, 0.25) is 5.02 Å². The average Bonchev–Trinajstić information content (AvgIpc) is 2.16. The van der Waals surface area contributed by atoms with Crippen molar-refractivity contribution in [3.8, 4) is 0 Å². The third-order valence-corrected chi connectivity index (χ3v) is 2.31. The summed E-state index contributed by atoms with van der Waals surface area (Å²) in [5.74, 6) is -0.0741. The molecule has 0 heterocycles. The second kappa shape index (κ2) is 5.14. The minimum Gasteiger partial charge on any atom is -0.340 e. The number of carbonyl (C=O) groups is 1. The van der Waals surface area contributed by atoms with Gasteiger partial charge in [-0.3, -0.25) is 4.79 Å². The molecule has 4 heteroatoms. The number of carbonyl (C=O) groups excluding carboxylic acids is 1. The lowest BCUT2D eigenvalue weighted by atomic mass is 10.2. The number of halogens is 1. The number of nitrogens with zero attached hydrogens (tertiary/aromatic N) is 1. The van der Waals surface area contributed by atoms with Gasteiger partial charge < -0.3 is 10.6 Å². The molecule has 3 nitrogen and oxygen atoms in total. The highest BCUT2D eigenvalue weighted by Crippen LogP contribution is 2.12. The molecule has 1 rings (SSSR count). The lowest BCUT2D eigenvalue weighted by molar-refractivity contribution is -0.131. The van der Waals surface area contributed by atoms with Gasteiger partial charge in [-0.2, -0.15) is 0 Å². The minimum absolute atomic E-state index is 0.0741. The quantitative estimate of drug-likeness (QED) is 0.852. The predicted molar refractivity (Wildman–Crippen MR) is 61.6 cm³/mol. The van der Waals surface area contributed by atoms with Gasteiger partial charge in [0.2, 0.25) is 5.91 Å². The lowest BCUT2D eigenvalue weighted by Gasteiger charge is -2.19. The Morgan fingerprint density at radius 2 is 2.27 bits per heavy atom. The van der Waals surface area contributed by atoms with E-state index < -0.39 is 6.04 Å². The molecule has 0 saturated carbocycles. The largest absolute Gasteiger partial charge is 0.340 e. The van der Waals surface area contributed by atoms with Gasteiger partial charge in [0.05, 0.1) is 6.04 Å². The van der Waals surface area contributed by atoms with Crippen molar-refractivity contribution in [2.45, 2.75) is 19.5 Å². The summed E-state index contributed by atoms with van der Waals surface area (Å²) in [4.78, 5) is 13.1. The van der Waals surface area contributed by atoms with E-state index in [2.05, 4.69) is 0 Å². The molecule has 0 bridgehead atoms. The van der Waals surface area contributed by atoms with E-state index in [4.69, 9.17) is 17.3 Å². The van der Waals surface area contributed by atoms with Crippen LogP contribution in [-0.2, 0) is 11.3 Å². The van der Waals surface area contributed by atoms with Crippen molar-refractivity contribution in [3.05, 3.63) is 34.9 Å². The van der Waals surface area contributed by atoms with E-state index in [9.17, 15) is 4.79 Å². The molecule has 0 radical (unpaired) electrons. The smallest absolute Gasteiger partial charge is 0.239 e. The zero-order valence-electron chi connectivity index (χ0n) is 8.90. The number of rotatable bonds is 3. The van der Waals surface area contributed by atoms with E-state index in [1.807, 2.05) is 18.2 Å². The Hall–Kier alpha value is -1.06. The molecular weight excluding hydrogens is 212 g/mol. The van der Waals surface area contributed by atoms with E-state index >= 15 is 0 Å². The molecule has 0 aliphatic rings. The van der Waals surface area contributed by atoms with Crippen molar-refractivity contribution < 1.29 is 4.79 Å². The highest BCUT2D eigenvalue weighted by atomic mass is 35.5. The van der Waals surface area contributed by atoms with Crippen molar-refractivity contribution in [1.82, 2.24) is 4.90 Å². The van der Waals surface area contributed by atoms with Gasteiger partial charge in [-0.15, -0.1) is 0 Å². The second-order valence-electron chi connectivity index (χ2n) is 3.61. The van der Waals surface area contributed by atoms with Gasteiger partial charge in [-0.05, 0) is 24.6 Å².